The molecule has 0 saturated carbocycles. The van der Waals surface area contributed by atoms with Crippen molar-refractivity contribution in [1.29, 1.82) is 0 Å². The van der Waals surface area contributed by atoms with Gasteiger partial charge >= 0.3 is 5.97 Å². The SMILES string of the molecule is COCC(C)n1c(C)cc(C(=O)COC(=O)c2ccc(OC)nc2)c1C. The maximum atomic E-state index is 12.5. The van der Waals surface area contributed by atoms with Gasteiger partial charge in [0.05, 0.1) is 25.3 Å². The van der Waals surface area contributed by atoms with Gasteiger partial charge in [-0.2, -0.15) is 0 Å². The molecule has 0 aliphatic heterocycles. The van der Waals surface area contributed by atoms with Gasteiger partial charge in [-0.05, 0) is 32.9 Å². The topological polar surface area (TPSA) is 79.7 Å². The van der Waals surface area contributed by atoms with Crippen LogP contribution in [-0.4, -0.2) is 48.7 Å². The van der Waals surface area contributed by atoms with Crippen LogP contribution in [0.1, 0.15) is 45.1 Å². The second kappa shape index (κ2) is 8.62. The molecule has 0 N–H and O–H groups in total. The smallest absolute Gasteiger partial charge is 0.340 e. The highest BCUT2D eigenvalue weighted by Crippen LogP contribution is 2.21. The van der Waals surface area contributed by atoms with Crippen molar-refractivity contribution in [2.24, 2.45) is 0 Å². The molecule has 26 heavy (non-hydrogen) atoms. The maximum Gasteiger partial charge on any atom is 0.340 e. The van der Waals surface area contributed by atoms with E-state index in [4.69, 9.17) is 14.2 Å². The standard InChI is InChI=1S/C19H24N2O5/c1-12-8-16(14(3)21(12)13(2)10-24-4)17(22)11-26-19(23)15-6-7-18(25-5)20-9-15/h6-9,13H,10-11H2,1-5H3. The Labute approximate surface area is 152 Å². The molecule has 7 nitrogen and oxygen atoms in total. The molecule has 2 rings (SSSR count). The predicted molar refractivity (Wildman–Crippen MR) is 95.9 cm³/mol. The van der Waals surface area contributed by atoms with Gasteiger partial charge in [0, 0.05) is 36.3 Å². The quantitative estimate of drug-likeness (QED) is 0.532. The van der Waals surface area contributed by atoms with Gasteiger partial charge in [0.1, 0.15) is 0 Å². The van der Waals surface area contributed by atoms with Crippen LogP contribution in [0.2, 0.25) is 0 Å². The highest BCUT2D eigenvalue weighted by molar-refractivity contribution is 6.00. The monoisotopic (exact) mass is 360 g/mol. The number of ether oxygens (including phenoxy) is 3. The van der Waals surface area contributed by atoms with Crippen molar-refractivity contribution in [3.05, 3.63) is 46.9 Å². The molecule has 0 amide bonds. The molecule has 2 aromatic heterocycles. The number of esters is 1. The zero-order valence-electron chi connectivity index (χ0n) is 15.7. The summed E-state index contributed by atoms with van der Waals surface area (Å²) >= 11 is 0. The van der Waals surface area contributed by atoms with E-state index in [9.17, 15) is 9.59 Å². The summed E-state index contributed by atoms with van der Waals surface area (Å²) < 4.78 is 17.3. The Morgan fingerprint density at radius 3 is 2.54 bits per heavy atom. The van der Waals surface area contributed by atoms with Gasteiger partial charge < -0.3 is 18.8 Å². The Morgan fingerprint density at radius 1 is 1.23 bits per heavy atom. The first kappa shape index (κ1) is 19.7. The molecule has 0 spiro atoms. The summed E-state index contributed by atoms with van der Waals surface area (Å²) in [6.45, 7) is 6.05. The van der Waals surface area contributed by atoms with Gasteiger partial charge in [-0.3, -0.25) is 4.79 Å². The van der Waals surface area contributed by atoms with Crippen molar-refractivity contribution >= 4 is 11.8 Å². The van der Waals surface area contributed by atoms with E-state index in [1.54, 1.807) is 13.2 Å². The van der Waals surface area contributed by atoms with E-state index in [-0.39, 0.29) is 24.0 Å². The summed E-state index contributed by atoms with van der Waals surface area (Å²) in [6.07, 6.45) is 1.35. The first-order valence-electron chi connectivity index (χ1n) is 8.26. The molecule has 2 heterocycles. The molecule has 2 aromatic rings. The predicted octanol–water partition coefficient (Wildman–Crippen LogP) is 2.76. The van der Waals surface area contributed by atoms with Gasteiger partial charge in [0.25, 0.3) is 0 Å². The van der Waals surface area contributed by atoms with Crippen LogP contribution in [0.3, 0.4) is 0 Å². The first-order valence-corrected chi connectivity index (χ1v) is 8.26. The number of hydrogen-bond acceptors (Lipinski definition) is 6. The lowest BCUT2D eigenvalue weighted by atomic mass is 10.1. The van der Waals surface area contributed by atoms with E-state index in [1.807, 2.05) is 31.4 Å². The van der Waals surface area contributed by atoms with Gasteiger partial charge in [-0.15, -0.1) is 0 Å². The average molecular weight is 360 g/mol. The lowest BCUT2D eigenvalue weighted by molar-refractivity contribution is 0.0474. The number of carbonyl (C=O) groups is 2. The third kappa shape index (κ3) is 4.29. The molecule has 0 saturated heterocycles. The number of pyridine rings is 1. The van der Waals surface area contributed by atoms with Crippen molar-refractivity contribution in [2.75, 3.05) is 27.4 Å². The Bertz CT molecular complexity index is 780. The van der Waals surface area contributed by atoms with Crippen LogP contribution in [0.5, 0.6) is 5.88 Å². The Kier molecular flexibility index (Phi) is 6.52. The molecule has 0 aliphatic carbocycles. The number of ketones is 1. The van der Waals surface area contributed by atoms with E-state index < -0.39 is 5.97 Å². The Morgan fingerprint density at radius 2 is 1.96 bits per heavy atom. The van der Waals surface area contributed by atoms with Crippen LogP contribution in [0.4, 0.5) is 0 Å². The van der Waals surface area contributed by atoms with Crippen molar-refractivity contribution in [2.45, 2.75) is 26.8 Å². The van der Waals surface area contributed by atoms with Gasteiger partial charge in [0.15, 0.2) is 6.61 Å². The van der Waals surface area contributed by atoms with Gasteiger partial charge in [-0.25, -0.2) is 9.78 Å². The molecule has 140 valence electrons. The number of aryl methyl sites for hydroxylation is 1. The van der Waals surface area contributed by atoms with E-state index in [2.05, 4.69) is 4.98 Å². The third-order valence-corrected chi connectivity index (χ3v) is 4.15. The Balaban J connectivity index is 2.05. The van der Waals surface area contributed by atoms with Crippen LogP contribution in [-0.2, 0) is 9.47 Å². The van der Waals surface area contributed by atoms with Crippen LogP contribution >= 0.6 is 0 Å². The molecule has 0 bridgehead atoms. The summed E-state index contributed by atoms with van der Waals surface area (Å²) in [5.74, 6) is -0.450. The largest absolute Gasteiger partial charge is 0.481 e. The number of rotatable bonds is 8. The first-order chi connectivity index (χ1) is 12.4. The maximum absolute atomic E-state index is 12.5. The van der Waals surface area contributed by atoms with Crippen LogP contribution in [0.15, 0.2) is 24.4 Å². The number of aromatic nitrogens is 2. The number of hydrogen-bond donors (Lipinski definition) is 0. The third-order valence-electron chi connectivity index (χ3n) is 4.15. The Hall–Kier alpha value is -2.67. The molecule has 0 fully saturated rings. The van der Waals surface area contributed by atoms with Crippen molar-refractivity contribution in [3.63, 3.8) is 0 Å². The molecule has 0 aliphatic rings. The molecule has 7 heteroatoms. The highest BCUT2D eigenvalue weighted by atomic mass is 16.5. The lowest BCUT2D eigenvalue weighted by Crippen LogP contribution is -2.17. The van der Waals surface area contributed by atoms with E-state index in [1.165, 1.54) is 19.4 Å². The number of Topliss-reactive ketones (excluding diaryl/α,β-unsaturated/α-hetero) is 1. The normalized spacial score (nSPS) is 11.9. The van der Waals surface area contributed by atoms with Crippen LogP contribution in [0.25, 0.3) is 0 Å². The fraction of sp³-hybridized carbons (Fsp3) is 0.421. The zero-order chi connectivity index (χ0) is 19.3. The number of methoxy groups -OCH3 is 2. The van der Waals surface area contributed by atoms with Crippen LogP contribution < -0.4 is 4.74 Å². The summed E-state index contributed by atoms with van der Waals surface area (Å²) in [6, 6.07) is 5.02. The minimum atomic E-state index is -0.602. The summed E-state index contributed by atoms with van der Waals surface area (Å²) in [5.41, 5.74) is 2.60. The lowest BCUT2D eigenvalue weighted by Gasteiger charge is -2.17. The van der Waals surface area contributed by atoms with Crippen LogP contribution in [0, 0.1) is 13.8 Å². The highest BCUT2D eigenvalue weighted by Gasteiger charge is 2.20. The van der Waals surface area contributed by atoms with Crippen molar-refractivity contribution in [3.8, 4) is 5.88 Å². The summed E-state index contributed by atoms with van der Waals surface area (Å²) in [7, 11) is 3.13. The van der Waals surface area contributed by atoms with Gasteiger partial charge in [-0.1, -0.05) is 0 Å². The number of nitrogens with zero attached hydrogens (tertiary/aromatic N) is 2. The van der Waals surface area contributed by atoms with Gasteiger partial charge in [0.2, 0.25) is 11.7 Å². The molecule has 1 unspecified atom stereocenters. The molecular weight excluding hydrogens is 336 g/mol. The molecular formula is C19H24N2O5. The average Bonchev–Trinajstić information content (AvgIpc) is 2.94. The summed E-state index contributed by atoms with van der Waals surface area (Å²) in [5, 5.41) is 0. The van der Waals surface area contributed by atoms with E-state index in [0.29, 0.717) is 18.1 Å². The van der Waals surface area contributed by atoms with E-state index in [0.717, 1.165) is 11.4 Å². The molecule has 0 aromatic carbocycles. The molecule has 1 atom stereocenters. The van der Waals surface area contributed by atoms with Crippen molar-refractivity contribution < 1.29 is 23.8 Å². The number of carbonyl (C=O) groups excluding carboxylic acids is 2. The van der Waals surface area contributed by atoms with E-state index >= 15 is 0 Å². The molecule has 0 radical (unpaired) electrons. The fourth-order valence-electron chi connectivity index (χ4n) is 2.97. The minimum absolute atomic E-state index is 0.106. The second-order valence-electron chi connectivity index (χ2n) is 6.05. The fourth-order valence-corrected chi connectivity index (χ4v) is 2.97. The zero-order valence-corrected chi connectivity index (χ0v) is 15.7. The summed E-state index contributed by atoms with van der Waals surface area (Å²) in [4.78, 5) is 28.5. The van der Waals surface area contributed by atoms with Crippen molar-refractivity contribution in [1.82, 2.24) is 9.55 Å². The minimum Gasteiger partial charge on any atom is -0.481 e. The second-order valence-corrected chi connectivity index (χ2v) is 6.05.